The minimum absolute atomic E-state index is 0.685. The summed E-state index contributed by atoms with van der Waals surface area (Å²) in [6, 6.07) is 3.82. The van der Waals surface area contributed by atoms with Gasteiger partial charge in [0.25, 0.3) is 0 Å². The van der Waals surface area contributed by atoms with E-state index in [1.54, 1.807) is 21.3 Å². The lowest BCUT2D eigenvalue weighted by molar-refractivity contribution is 0.347. The maximum absolute atomic E-state index is 5.39. The van der Waals surface area contributed by atoms with E-state index in [1.165, 1.54) is 0 Å². The van der Waals surface area contributed by atoms with Crippen LogP contribution >= 0.6 is 0 Å². The van der Waals surface area contributed by atoms with Crippen LogP contribution < -0.4 is 19.5 Å². The smallest absolute Gasteiger partial charge is 0.164 e. The van der Waals surface area contributed by atoms with E-state index >= 15 is 0 Å². The first kappa shape index (κ1) is 15.6. The maximum Gasteiger partial charge on any atom is 0.164 e. The Morgan fingerprint density at radius 2 is 1.53 bits per heavy atom. The number of benzene rings is 1. The third-order valence-corrected chi connectivity index (χ3v) is 3.00. The quantitative estimate of drug-likeness (QED) is 0.735. The van der Waals surface area contributed by atoms with Gasteiger partial charge < -0.3 is 19.5 Å². The van der Waals surface area contributed by atoms with Gasteiger partial charge in [0.2, 0.25) is 0 Å². The molecule has 0 fully saturated rings. The molecule has 0 unspecified atom stereocenters. The van der Waals surface area contributed by atoms with Gasteiger partial charge in [-0.2, -0.15) is 0 Å². The Bertz CT molecular complexity index is 391. The Labute approximate surface area is 116 Å². The molecule has 1 aromatic carbocycles. The highest BCUT2D eigenvalue weighted by atomic mass is 16.5. The average Bonchev–Trinajstić information content (AvgIpc) is 2.42. The number of rotatable bonds is 8. The van der Waals surface area contributed by atoms with Crippen LogP contribution in [0.5, 0.6) is 17.2 Å². The summed E-state index contributed by atoms with van der Waals surface area (Å²) in [5.74, 6) is 2.93. The zero-order chi connectivity index (χ0) is 14.3. The number of hydrogen-bond acceptors (Lipinski definition) is 4. The molecule has 0 radical (unpaired) electrons. The van der Waals surface area contributed by atoms with E-state index in [0.717, 1.165) is 36.6 Å². The molecular weight excluding hydrogens is 242 g/mol. The van der Waals surface area contributed by atoms with E-state index in [9.17, 15) is 0 Å². The summed E-state index contributed by atoms with van der Waals surface area (Å²) in [5.41, 5.74) is 1.07. The summed E-state index contributed by atoms with van der Waals surface area (Å²) in [7, 11) is 4.93. The van der Waals surface area contributed by atoms with Crippen LogP contribution in [0.25, 0.3) is 0 Å². The molecule has 0 amide bonds. The summed E-state index contributed by atoms with van der Waals surface area (Å²) >= 11 is 0. The van der Waals surface area contributed by atoms with E-state index in [4.69, 9.17) is 14.2 Å². The van der Waals surface area contributed by atoms with Crippen molar-refractivity contribution in [1.82, 2.24) is 5.32 Å². The van der Waals surface area contributed by atoms with E-state index < -0.39 is 0 Å². The lowest BCUT2D eigenvalue weighted by Crippen LogP contribution is -2.17. The fourth-order valence-electron chi connectivity index (χ4n) is 1.84. The van der Waals surface area contributed by atoms with Crippen molar-refractivity contribution in [1.29, 1.82) is 0 Å². The molecule has 1 rings (SSSR count). The number of nitrogens with one attached hydrogen (secondary N) is 1. The molecule has 0 atom stereocenters. The molecule has 108 valence electrons. The molecule has 0 saturated heterocycles. The van der Waals surface area contributed by atoms with Crippen LogP contribution in [-0.4, -0.2) is 27.9 Å². The Morgan fingerprint density at radius 3 is 2.05 bits per heavy atom. The molecule has 0 aliphatic heterocycles. The first-order valence-electron chi connectivity index (χ1n) is 6.62. The van der Waals surface area contributed by atoms with Gasteiger partial charge in [0, 0.05) is 18.2 Å². The summed E-state index contributed by atoms with van der Waals surface area (Å²) in [6.07, 6.45) is 1.16. The van der Waals surface area contributed by atoms with Crippen molar-refractivity contribution in [2.45, 2.75) is 26.8 Å². The summed E-state index contributed by atoms with van der Waals surface area (Å²) in [5, 5.41) is 3.42. The van der Waals surface area contributed by atoms with Crippen LogP contribution in [0, 0.1) is 5.92 Å². The summed E-state index contributed by atoms with van der Waals surface area (Å²) in [6.45, 7) is 6.20. The first-order chi connectivity index (χ1) is 9.12. The van der Waals surface area contributed by atoms with E-state index in [1.807, 2.05) is 12.1 Å². The van der Waals surface area contributed by atoms with Crippen LogP contribution in [-0.2, 0) is 6.54 Å². The second kappa shape index (κ2) is 7.89. The van der Waals surface area contributed by atoms with Crippen molar-refractivity contribution in [2.75, 3.05) is 27.9 Å². The molecule has 0 aliphatic rings. The molecule has 19 heavy (non-hydrogen) atoms. The largest absolute Gasteiger partial charge is 0.496 e. The van der Waals surface area contributed by atoms with Gasteiger partial charge in [0.1, 0.15) is 5.75 Å². The topological polar surface area (TPSA) is 39.7 Å². The third kappa shape index (κ3) is 4.63. The zero-order valence-electron chi connectivity index (χ0n) is 12.6. The second-order valence-electron chi connectivity index (χ2n) is 4.88. The van der Waals surface area contributed by atoms with Gasteiger partial charge in [0.15, 0.2) is 11.5 Å². The third-order valence-electron chi connectivity index (χ3n) is 3.00. The molecule has 4 nitrogen and oxygen atoms in total. The molecular formula is C15H25NO3. The van der Waals surface area contributed by atoms with Gasteiger partial charge in [-0.15, -0.1) is 0 Å². The monoisotopic (exact) mass is 267 g/mol. The maximum atomic E-state index is 5.39. The van der Waals surface area contributed by atoms with Crippen LogP contribution in [0.1, 0.15) is 25.8 Å². The molecule has 0 aliphatic carbocycles. The van der Waals surface area contributed by atoms with E-state index in [2.05, 4.69) is 19.2 Å². The van der Waals surface area contributed by atoms with Crippen LogP contribution in [0.2, 0.25) is 0 Å². The van der Waals surface area contributed by atoms with Gasteiger partial charge in [-0.25, -0.2) is 0 Å². The minimum Gasteiger partial charge on any atom is -0.496 e. The van der Waals surface area contributed by atoms with Crippen molar-refractivity contribution in [2.24, 2.45) is 5.92 Å². The predicted molar refractivity (Wildman–Crippen MR) is 77.3 cm³/mol. The molecule has 1 aromatic rings. The second-order valence-corrected chi connectivity index (χ2v) is 4.88. The fourth-order valence-corrected chi connectivity index (χ4v) is 1.84. The standard InChI is InChI=1S/C15H25NO3/c1-11(2)6-7-16-10-12-8-14(18-4)15(19-5)9-13(12)17-3/h8-9,11,16H,6-7,10H2,1-5H3. The number of hydrogen-bond donors (Lipinski definition) is 1. The first-order valence-corrected chi connectivity index (χ1v) is 6.62. The van der Waals surface area contributed by atoms with Gasteiger partial charge in [-0.05, 0) is 24.9 Å². The Kier molecular flexibility index (Phi) is 6.50. The van der Waals surface area contributed by atoms with Crippen molar-refractivity contribution < 1.29 is 14.2 Å². The molecule has 1 N–H and O–H groups in total. The predicted octanol–water partition coefficient (Wildman–Crippen LogP) is 2.85. The SMILES string of the molecule is COc1cc(OC)c(OC)cc1CNCCC(C)C. The zero-order valence-corrected chi connectivity index (χ0v) is 12.6. The molecule has 0 saturated carbocycles. The van der Waals surface area contributed by atoms with Crippen LogP contribution in [0.4, 0.5) is 0 Å². The average molecular weight is 267 g/mol. The van der Waals surface area contributed by atoms with Crippen molar-refractivity contribution in [3.8, 4) is 17.2 Å². The molecule has 4 heteroatoms. The lowest BCUT2D eigenvalue weighted by atomic mass is 10.1. The van der Waals surface area contributed by atoms with Crippen molar-refractivity contribution in [3.05, 3.63) is 17.7 Å². The highest BCUT2D eigenvalue weighted by molar-refractivity contribution is 5.50. The molecule has 0 heterocycles. The van der Waals surface area contributed by atoms with E-state index in [0.29, 0.717) is 11.7 Å². The molecule has 0 bridgehead atoms. The Balaban J connectivity index is 2.75. The van der Waals surface area contributed by atoms with Crippen molar-refractivity contribution >= 4 is 0 Å². The molecule has 0 spiro atoms. The van der Waals surface area contributed by atoms with Crippen LogP contribution in [0.3, 0.4) is 0 Å². The molecule has 0 aromatic heterocycles. The minimum atomic E-state index is 0.685. The number of ether oxygens (including phenoxy) is 3. The van der Waals surface area contributed by atoms with Crippen LogP contribution in [0.15, 0.2) is 12.1 Å². The van der Waals surface area contributed by atoms with E-state index in [-0.39, 0.29) is 0 Å². The Hall–Kier alpha value is -1.42. The normalized spacial score (nSPS) is 10.6. The summed E-state index contributed by atoms with van der Waals surface area (Å²) in [4.78, 5) is 0. The van der Waals surface area contributed by atoms with Gasteiger partial charge in [0.05, 0.1) is 21.3 Å². The highest BCUT2D eigenvalue weighted by Crippen LogP contribution is 2.34. The fraction of sp³-hybridized carbons (Fsp3) is 0.600. The highest BCUT2D eigenvalue weighted by Gasteiger charge is 2.11. The van der Waals surface area contributed by atoms with Gasteiger partial charge in [-0.1, -0.05) is 13.8 Å². The van der Waals surface area contributed by atoms with Crippen molar-refractivity contribution in [3.63, 3.8) is 0 Å². The van der Waals surface area contributed by atoms with Gasteiger partial charge >= 0.3 is 0 Å². The number of methoxy groups -OCH3 is 3. The summed E-state index contributed by atoms with van der Waals surface area (Å²) < 4.78 is 16.0. The Morgan fingerprint density at radius 1 is 0.947 bits per heavy atom. The van der Waals surface area contributed by atoms with Gasteiger partial charge in [-0.3, -0.25) is 0 Å². The lowest BCUT2D eigenvalue weighted by Gasteiger charge is -2.15.